The molecule has 2 aliphatic rings. The minimum Gasteiger partial charge on any atom is -0.378 e. The van der Waals surface area contributed by atoms with Crippen LogP contribution in [0.2, 0.25) is 0 Å². The smallest absolute Gasteiger partial charge is 0.281 e. The normalized spacial score (nSPS) is 20.6. The second kappa shape index (κ2) is 6.05. The number of nitrogens with zero attached hydrogens (tertiary/aromatic N) is 2. The van der Waals surface area contributed by atoms with E-state index in [9.17, 15) is 9.59 Å². The van der Waals surface area contributed by atoms with Crippen LogP contribution in [-0.4, -0.2) is 28.3 Å². The number of aromatic nitrogens is 2. The van der Waals surface area contributed by atoms with Crippen molar-refractivity contribution in [1.29, 1.82) is 0 Å². The first-order valence-corrected chi connectivity index (χ1v) is 8.97. The third-order valence-electron chi connectivity index (χ3n) is 4.56. The fraction of sp³-hybridized carbons (Fsp3) is 0.562. The average Bonchev–Trinajstić information content (AvgIpc) is 3.17. The highest BCUT2D eigenvalue weighted by molar-refractivity contribution is 7.18. The Kier molecular flexibility index (Phi) is 3.90. The van der Waals surface area contributed by atoms with Gasteiger partial charge in [0.15, 0.2) is 0 Å². The van der Waals surface area contributed by atoms with Crippen molar-refractivity contribution in [2.24, 2.45) is 0 Å². The molecular formula is C16H19N3O3S. The molecule has 1 aliphatic heterocycles. The second-order valence-corrected chi connectivity index (χ2v) is 7.27. The van der Waals surface area contributed by atoms with Crippen molar-refractivity contribution >= 4 is 27.5 Å². The van der Waals surface area contributed by atoms with Gasteiger partial charge in [-0.05, 0) is 44.1 Å². The van der Waals surface area contributed by atoms with Crippen LogP contribution in [0.15, 0.2) is 11.1 Å². The zero-order valence-electron chi connectivity index (χ0n) is 12.8. The van der Waals surface area contributed by atoms with Crippen molar-refractivity contribution in [2.45, 2.75) is 51.0 Å². The minimum absolute atomic E-state index is 0.0312. The molecule has 1 amide bonds. The lowest BCUT2D eigenvalue weighted by Gasteiger charge is -2.12. The van der Waals surface area contributed by atoms with Crippen LogP contribution in [0.1, 0.15) is 42.5 Å². The van der Waals surface area contributed by atoms with E-state index in [4.69, 9.17) is 4.74 Å². The SMILES string of the molecule is O=C(C[C@H]1CCCO1)Nn1cnc2sc3c(c2c1=O)CCCC3. The van der Waals surface area contributed by atoms with Crippen molar-refractivity contribution < 1.29 is 9.53 Å². The highest BCUT2D eigenvalue weighted by Gasteiger charge is 2.22. The van der Waals surface area contributed by atoms with Crippen LogP contribution in [0, 0.1) is 0 Å². The van der Waals surface area contributed by atoms with Crippen molar-refractivity contribution in [2.75, 3.05) is 12.0 Å². The minimum atomic E-state index is -0.204. The first-order chi connectivity index (χ1) is 11.2. The van der Waals surface area contributed by atoms with Crippen molar-refractivity contribution in [3.63, 3.8) is 0 Å². The molecule has 4 rings (SSSR count). The first-order valence-electron chi connectivity index (χ1n) is 8.16. The Morgan fingerprint density at radius 2 is 2.26 bits per heavy atom. The number of fused-ring (bicyclic) bond motifs is 3. The number of nitrogens with one attached hydrogen (secondary N) is 1. The zero-order chi connectivity index (χ0) is 15.8. The maximum absolute atomic E-state index is 12.7. The Morgan fingerprint density at radius 3 is 3.09 bits per heavy atom. The Balaban J connectivity index is 1.61. The van der Waals surface area contributed by atoms with E-state index < -0.39 is 0 Å². The summed E-state index contributed by atoms with van der Waals surface area (Å²) in [5.74, 6) is -0.204. The number of carbonyl (C=O) groups is 1. The molecule has 2 aromatic rings. The Bertz CT molecular complexity index is 805. The molecule has 0 bridgehead atoms. The van der Waals surface area contributed by atoms with Crippen molar-refractivity contribution in [1.82, 2.24) is 9.66 Å². The number of ether oxygens (including phenoxy) is 1. The number of hydrogen-bond donors (Lipinski definition) is 1. The van der Waals surface area contributed by atoms with Crippen LogP contribution in [0.3, 0.4) is 0 Å². The number of thiophene rings is 1. The van der Waals surface area contributed by atoms with E-state index >= 15 is 0 Å². The quantitative estimate of drug-likeness (QED) is 0.932. The Hall–Kier alpha value is -1.73. The van der Waals surface area contributed by atoms with Crippen molar-refractivity contribution in [3.8, 4) is 0 Å². The van der Waals surface area contributed by atoms with Crippen LogP contribution < -0.4 is 11.0 Å². The Labute approximate surface area is 137 Å². The van der Waals surface area contributed by atoms with E-state index in [-0.39, 0.29) is 24.0 Å². The van der Waals surface area contributed by atoms with E-state index in [2.05, 4.69) is 10.4 Å². The zero-order valence-corrected chi connectivity index (χ0v) is 13.7. The molecule has 1 fully saturated rings. The molecular weight excluding hydrogens is 314 g/mol. The van der Waals surface area contributed by atoms with E-state index in [0.29, 0.717) is 12.0 Å². The topological polar surface area (TPSA) is 73.2 Å². The summed E-state index contributed by atoms with van der Waals surface area (Å²) < 4.78 is 6.69. The third-order valence-corrected chi connectivity index (χ3v) is 5.76. The molecule has 7 heteroatoms. The first kappa shape index (κ1) is 14.8. The summed E-state index contributed by atoms with van der Waals surface area (Å²) in [4.78, 5) is 31.3. The van der Waals surface area contributed by atoms with Crippen LogP contribution in [0.4, 0.5) is 0 Å². The number of amides is 1. The van der Waals surface area contributed by atoms with Gasteiger partial charge in [-0.15, -0.1) is 11.3 Å². The van der Waals surface area contributed by atoms with Gasteiger partial charge in [-0.25, -0.2) is 9.66 Å². The summed E-state index contributed by atoms with van der Waals surface area (Å²) in [6.07, 6.45) is 7.80. The molecule has 122 valence electrons. The highest BCUT2D eigenvalue weighted by Crippen LogP contribution is 2.33. The van der Waals surface area contributed by atoms with Crippen LogP contribution in [0.25, 0.3) is 10.2 Å². The summed E-state index contributed by atoms with van der Waals surface area (Å²) in [7, 11) is 0. The molecule has 0 unspecified atom stereocenters. The molecule has 0 saturated carbocycles. The van der Waals surface area contributed by atoms with Gasteiger partial charge in [-0.1, -0.05) is 0 Å². The lowest BCUT2D eigenvalue weighted by atomic mass is 9.97. The van der Waals surface area contributed by atoms with Gasteiger partial charge in [0.2, 0.25) is 5.91 Å². The molecule has 0 radical (unpaired) electrons. The second-order valence-electron chi connectivity index (χ2n) is 6.18. The van der Waals surface area contributed by atoms with Gasteiger partial charge in [0.25, 0.3) is 5.56 Å². The van der Waals surface area contributed by atoms with Crippen LogP contribution in [-0.2, 0) is 22.4 Å². The maximum Gasteiger partial charge on any atom is 0.281 e. The lowest BCUT2D eigenvalue weighted by molar-refractivity contribution is -0.119. The van der Waals surface area contributed by atoms with E-state index in [1.165, 1.54) is 22.3 Å². The van der Waals surface area contributed by atoms with Gasteiger partial charge in [0, 0.05) is 11.5 Å². The molecule has 1 N–H and O–H groups in total. The largest absolute Gasteiger partial charge is 0.378 e. The fourth-order valence-corrected chi connectivity index (χ4v) is 4.64. The monoisotopic (exact) mass is 333 g/mol. The van der Waals surface area contributed by atoms with E-state index in [0.717, 1.165) is 42.5 Å². The average molecular weight is 333 g/mol. The van der Waals surface area contributed by atoms with Crippen LogP contribution >= 0.6 is 11.3 Å². The summed E-state index contributed by atoms with van der Waals surface area (Å²) in [5, 5.41) is 0.685. The van der Waals surface area contributed by atoms with Gasteiger partial charge in [0.1, 0.15) is 11.2 Å². The third kappa shape index (κ3) is 2.79. The number of rotatable bonds is 3. The number of hydrogen-bond acceptors (Lipinski definition) is 5. The molecule has 1 saturated heterocycles. The highest BCUT2D eigenvalue weighted by atomic mass is 32.1. The van der Waals surface area contributed by atoms with E-state index in [1.54, 1.807) is 11.3 Å². The fourth-order valence-electron chi connectivity index (χ4n) is 3.42. The van der Waals surface area contributed by atoms with Crippen LogP contribution in [0.5, 0.6) is 0 Å². The van der Waals surface area contributed by atoms with Gasteiger partial charge in [0.05, 0.1) is 17.9 Å². The van der Waals surface area contributed by atoms with Gasteiger partial charge in [-0.3, -0.25) is 15.0 Å². The number of aryl methyl sites for hydroxylation is 2. The Morgan fingerprint density at radius 1 is 1.39 bits per heavy atom. The summed E-state index contributed by atoms with van der Waals surface area (Å²) in [6, 6.07) is 0. The van der Waals surface area contributed by atoms with Crippen molar-refractivity contribution in [3.05, 3.63) is 27.1 Å². The predicted molar refractivity (Wildman–Crippen MR) is 88.5 cm³/mol. The molecule has 0 aromatic carbocycles. The van der Waals surface area contributed by atoms with Gasteiger partial charge >= 0.3 is 0 Å². The molecule has 23 heavy (non-hydrogen) atoms. The summed E-state index contributed by atoms with van der Waals surface area (Å²) in [5.41, 5.74) is 3.62. The molecule has 2 aromatic heterocycles. The summed E-state index contributed by atoms with van der Waals surface area (Å²) >= 11 is 1.61. The lowest BCUT2D eigenvalue weighted by Crippen LogP contribution is -2.34. The number of carbonyl (C=O) groups excluding carboxylic acids is 1. The van der Waals surface area contributed by atoms with E-state index in [1.807, 2.05) is 0 Å². The molecule has 3 heterocycles. The maximum atomic E-state index is 12.7. The molecule has 1 aliphatic carbocycles. The molecule has 6 nitrogen and oxygen atoms in total. The molecule has 0 spiro atoms. The predicted octanol–water partition coefficient (Wildman–Crippen LogP) is 1.98. The standard InChI is InChI=1S/C16H19N3O3S/c20-13(8-10-4-3-7-22-10)18-19-9-17-15-14(16(19)21)11-5-1-2-6-12(11)23-15/h9-10H,1-8H2,(H,18,20)/t10-/m1/s1. The molecule has 1 atom stereocenters. The summed E-state index contributed by atoms with van der Waals surface area (Å²) in [6.45, 7) is 0.715. The van der Waals surface area contributed by atoms with Gasteiger partial charge < -0.3 is 4.74 Å². The van der Waals surface area contributed by atoms with Gasteiger partial charge in [-0.2, -0.15) is 0 Å².